The second kappa shape index (κ2) is 12.4. The molecule has 38 heavy (non-hydrogen) atoms. The van der Waals surface area contributed by atoms with Gasteiger partial charge in [0.15, 0.2) is 0 Å². The van der Waals surface area contributed by atoms with E-state index in [2.05, 4.69) is 99.6 Å². The van der Waals surface area contributed by atoms with Gasteiger partial charge in [0.05, 0.1) is 34.9 Å². The van der Waals surface area contributed by atoms with E-state index in [1.165, 1.54) is 11.1 Å². The Morgan fingerprint density at radius 3 is 2.32 bits per heavy atom. The van der Waals surface area contributed by atoms with E-state index in [1.807, 2.05) is 56.4 Å². The molecule has 4 aromatic rings. The van der Waals surface area contributed by atoms with Crippen LogP contribution in [0.1, 0.15) is 60.5 Å². The Hall–Kier alpha value is -3.46. The van der Waals surface area contributed by atoms with E-state index in [9.17, 15) is 10.5 Å². The predicted molar refractivity (Wildman–Crippen MR) is 161 cm³/mol. The smallest absolute Gasteiger partial charge is 0.0991 e. The minimum atomic E-state index is -0.667. The lowest BCUT2D eigenvalue weighted by atomic mass is 9.79. The Morgan fingerprint density at radius 2 is 1.66 bits per heavy atom. The van der Waals surface area contributed by atoms with Crippen LogP contribution in [-0.2, 0) is 10.8 Å². The predicted octanol–water partition coefficient (Wildman–Crippen LogP) is 7.48. The monoisotopic (exact) mass is 613 g/mol. The minimum absolute atomic E-state index is 0.0138. The molecule has 3 atom stereocenters. The lowest BCUT2D eigenvalue weighted by Gasteiger charge is -2.36. The van der Waals surface area contributed by atoms with Gasteiger partial charge in [0, 0.05) is 28.1 Å². The van der Waals surface area contributed by atoms with Crippen molar-refractivity contribution in [2.45, 2.75) is 49.6 Å². The highest BCUT2D eigenvalue weighted by Gasteiger charge is 2.34. The van der Waals surface area contributed by atoms with Crippen LogP contribution < -0.4 is 5.32 Å². The van der Waals surface area contributed by atoms with Gasteiger partial charge in [0.25, 0.3) is 0 Å². The molecule has 3 aromatic carbocycles. The average Bonchev–Trinajstić information content (AvgIpc) is 3.50. The van der Waals surface area contributed by atoms with Crippen molar-refractivity contribution in [3.05, 3.63) is 113 Å². The molecule has 0 saturated heterocycles. The molecular weight excluding hydrogens is 581 g/mol. The zero-order valence-corrected chi connectivity index (χ0v) is 24.1. The molecule has 192 valence electrons. The van der Waals surface area contributed by atoms with E-state index >= 15 is 0 Å². The van der Waals surface area contributed by atoms with E-state index in [4.69, 9.17) is 0 Å². The number of rotatable bonds is 10. The fourth-order valence-corrected chi connectivity index (χ4v) is 5.41. The van der Waals surface area contributed by atoms with Crippen LogP contribution in [-0.4, -0.2) is 16.2 Å². The van der Waals surface area contributed by atoms with E-state index in [-0.39, 0.29) is 18.0 Å². The van der Waals surface area contributed by atoms with Crippen LogP contribution in [0.25, 0.3) is 11.3 Å². The number of hydrogen-bond acceptors (Lipinski definition) is 4. The van der Waals surface area contributed by atoms with Gasteiger partial charge in [0.1, 0.15) is 0 Å². The van der Waals surface area contributed by atoms with Gasteiger partial charge in [-0.3, -0.25) is 5.10 Å². The SMILES string of the molecule is C[C@H](NC(c1cccc(-c2cc[nH]n2)c1)C(C)(C)C#N)[C@@H](Cc1ccc(CI)cc1)c1cccc(C#N)c1. The fraction of sp³-hybridized carbons (Fsp3) is 0.281. The number of nitriles is 2. The van der Waals surface area contributed by atoms with Crippen LogP contribution in [0.3, 0.4) is 0 Å². The maximum Gasteiger partial charge on any atom is 0.0991 e. The highest BCUT2D eigenvalue weighted by Crippen LogP contribution is 2.37. The Balaban J connectivity index is 1.70. The Kier molecular flexibility index (Phi) is 8.99. The fourth-order valence-electron chi connectivity index (χ4n) is 4.90. The molecule has 0 aliphatic carbocycles. The molecule has 1 aromatic heterocycles. The zero-order valence-electron chi connectivity index (χ0n) is 21.9. The molecule has 0 aliphatic heterocycles. The molecule has 0 saturated carbocycles. The summed E-state index contributed by atoms with van der Waals surface area (Å²) in [5, 5.41) is 30.8. The number of halogens is 1. The number of alkyl halides is 1. The molecule has 6 heteroatoms. The molecular formula is C32H32IN5. The van der Waals surface area contributed by atoms with Gasteiger partial charge in [-0.2, -0.15) is 15.6 Å². The molecule has 2 N–H and O–H groups in total. The summed E-state index contributed by atoms with van der Waals surface area (Å²) in [6.45, 7) is 6.14. The van der Waals surface area contributed by atoms with Crippen molar-refractivity contribution in [3.63, 3.8) is 0 Å². The van der Waals surface area contributed by atoms with Crippen molar-refractivity contribution < 1.29 is 0 Å². The third kappa shape index (κ3) is 6.51. The highest BCUT2D eigenvalue weighted by molar-refractivity contribution is 14.1. The first-order chi connectivity index (χ1) is 18.3. The van der Waals surface area contributed by atoms with Crippen molar-refractivity contribution in [1.29, 1.82) is 10.5 Å². The van der Waals surface area contributed by atoms with Crippen LogP contribution in [0, 0.1) is 28.1 Å². The average molecular weight is 614 g/mol. The van der Waals surface area contributed by atoms with Crippen LogP contribution in [0.4, 0.5) is 0 Å². The number of H-pyrrole nitrogens is 1. The van der Waals surface area contributed by atoms with Gasteiger partial charge >= 0.3 is 0 Å². The van der Waals surface area contributed by atoms with Crippen molar-refractivity contribution in [3.8, 4) is 23.4 Å². The van der Waals surface area contributed by atoms with Gasteiger partial charge in [0.2, 0.25) is 0 Å². The number of benzene rings is 3. The van der Waals surface area contributed by atoms with Crippen molar-refractivity contribution >= 4 is 22.6 Å². The summed E-state index contributed by atoms with van der Waals surface area (Å²) >= 11 is 2.38. The van der Waals surface area contributed by atoms with E-state index < -0.39 is 5.41 Å². The zero-order chi connectivity index (χ0) is 27.1. The summed E-state index contributed by atoms with van der Waals surface area (Å²) in [6.07, 6.45) is 2.63. The summed E-state index contributed by atoms with van der Waals surface area (Å²) < 4.78 is 0.978. The normalized spacial score (nSPS) is 13.7. The first kappa shape index (κ1) is 27.6. The molecule has 0 amide bonds. The third-order valence-electron chi connectivity index (χ3n) is 7.14. The van der Waals surface area contributed by atoms with Crippen LogP contribution in [0.15, 0.2) is 85.1 Å². The van der Waals surface area contributed by atoms with Gasteiger partial charge in [-0.25, -0.2) is 0 Å². The van der Waals surface area contributed by atoms with E-state index in [1.54, 1.807) is 0 Å². The standard InChI is InChI=1S/C32H32IN5/c1-22(29(26-7-4-6-25(16-26)20-34)17-23-10-12-24(19-33)13-11-23)37-31(32(2,3)21-35)28-9-5-8-27(18-28)30-14-15-36-38-30/h4-16,18,22,29,31,37H,17,19H2,1-3H3,(H,36,38)/t22-,29+,31?/m0/s1. The van der Waals surface area contributed by atoms with Gasteiger partial charge < -0.3 is 5.32 Å². The highest BCUT2D eigenvalue weighted by atomic mass is 127. The number of hydrogen-bond donors (Lipinski definition) is 2. The van der Waals surface area contributed by atoms with Gasteiger partial charge in [-0.05, 0) is 73.7 Å². The lowest BCUT2D eigenvalue weighted by Crippen LogP contribution is -2.42. The summed E-state index contributed by atoms with van der Waals surface area (Å²) in [4.78, 5) is 0. The molecule has 0 radical (unpaired) electrons. The number of nitrogens with zero attached hydrogens (tertiary/aromatic N) is 3. The summed E-state index contributed by atoms with van der Waals surface area (Å²) in [5.74, 6) is 0.0975. The molecule has 0 fully saturated rings. The summed E-state index contributed by atoms with van der Waals surface area (Å²) in [7, 11) is 0. The first-order valence-electron chi connectivity index (χ1n) is 12.8. The maximum absolute atomic E-state index is 10.2. The van der Waals surface area contributed by atoms with Crippen LogP contribution >= 0.6 is 22.6 Å². The topological polar surface area (TPSA) is 88.3 Å². The molecule has 0 bridgehead atoms. The maximum atomic E-state index is 10.2. The van der Waals surface area contributed by atoms with Crippen molar-refractivity contribution in [2.75, 3.05) is 0 Å². The molecule has 1 heterocycles. The van der Waals surface area contributed by atoms with Gasteiger partial charge in [-0.1, -0.05) is 77.2 Å². The van der Waals surface area contributed by atoms with Crippen molar-refractivity contribution in [1.82, 2.24) is 15.5 Å². The van der Waals surface area contributed by atoms with Gasteiger partial charge in [-0.15, -0.1) is 0 Å². The first-order valence-corrected chi connectivity index (χ1v) is 14.3. The number of nitrogens with one attached hydrogen (secondary N) is 2. The molecule has 5 nitrogen and oxygen atoms in total. The third-order valence-corrected chi connectivity index (χ3v) is 8.02. The molecule has 0 spiro atoms. The van der Waals surface area contributed by atoms with E-state index in [0.717, 1.165) is 33.2 Å². The second-order valence-electron chi connectivity index (χ2n) is 10.3. The van der Waals surface area contributed by atoms with Crippen molar-refractivity contribution in [2.24, 2.45) is 5.41 Å². The summed E-state index contributed by atoms with van der Waals surface area (Å²) in [6, 6.07) is 31.5. The van der Waals surface area contributed by atoms with Crippen LogP contribution in [0.2, 0.25) is 0 Å². The minimum Gasteiger partial charge on any atom is -0.305 e. The Bertz CT molecular complexity index is 1430. The lowest BCUT2D eigenvalue weighted by molar-refractivity contribution is 0.281. The molecule has 1 unspecified atom stereocenters. The Morgan fingerprint density at radius 1 is 0.947 bits per heavy atom. The number of aromatic nitrogens is 2. The largest absolute Gasteiger partial charge is 0.305 e. The van der Waals surface area contributed by atoms with Crippen LogP contribution in [0.5, 0.6) is 0 Å². The Labute approximate surface area is 239 Å². The summed E-state index contributed by atoms with van der Waals surface area (Å²) in [5.41, 5.74) is 6.56. The number of aromatic amines is 1. The van der Waals surface area contributed by atoms with E-state index in [0.29, 0.717) is 5.56 Å². The quantitative estimate of drug-likeness (QED) is 0.143. The second-order valence-corrected chi connectivity index (χ2v) is 11.1. The molecule has 4 rings (SSSR count). The molecule has 0 aliphatic rings.